The Morgan fingerprint density at radius 3 is 2.50 bits per heavy atom. The van der Waals surface area contributed by atoms with Crippen molar-refractivity contribution in [3.05, 3.63) is 35.9 Å². The van der Waals surface area contributed by atoms with E-state index < -0.39 is 11.6 Å². The van der Waals surface area contributed by atoms with Gasteiger partial charge in [0.25, 0.3) is 0 Å². The van der Waals surface area contributed by atoms with Gasteiger partial charge in [0, 0.05) is 24.1 Å². The molecule has 3 rings (SSSR count). The van der Waals surface area contributed by atoms with Crippen molar-refractivity contribution >= 4 is 5.97 Å². The largest absolute Gasteiger partial charge is 0.459 e. The maximum Gasteiger partial charge on any atom is 0.356 e. The summed E-state index contributed by atoms with van der Waals surface area (Å²) in [4.78, 5) is 15.2. The van der Waals surface area contributed by atoms with E-state index in [0.29, 0.717) is 24.1 Å². The molecule has 128 valence electrons. The molecule has 2 bridgehead atoms. The number of ether oxygens (including phenoxy) is 1. The van der Waals surface area contributed by atoms with Crippen LogP contribution >= 0.6 is 0 Å². The van der Waals surface area contributed by atoms with Crippen LogP contribution in [0.2, 0.25) is 0 Å². The zero-order valence-corrected chi connectivity index (χ0v) is 14.4. The van der Waals surface area contributed by atoms with Gasteiger partial charge in [0.2, 0.25) is 5.60 Å². The van der Waals surface area contributed by atoms with Crippen molar-refractivity contribution in [2.45, 2.75) is 62.8 Å². The summed E-state index contributed by atoms with van der Waals surface area (Å²) in [5.74, 6) is 4.90. The minimum Gasteiger partial charge on any atom is -0.459 e. The van der Waals surface area contributed by atoms with Crippen LogP contribution in [0, 0.1) is 11.8 Å². The van der Waals surface area contributed by atoms with E-state index in [1.54, 1.807) is 24.3 Å². The Hall–Kier alpha value is -1.83. The van der Waals surface area contributed by atoms with Gasteiger partial charge in [0.15, 0.2) is 0 Å². The molecule has 0 saturated carbocycles. The van der Waals surface area contributed by atoms with Crippen LogP contribution in [-0.2, 0) is 15.1 Å². The maximum absolute atomic E-state index is 12.8. The minimum atomic E-state index is -1.89. The predicted octanol–water partition coefficient (Wildman–Crippen LogP) is 2.46. The monoisotopic (exact) mass is 327 g/mol. The molecular formula is C20H25NO3. The van der Waals surface area contributed by atoms with E-state index >= 15 is 0 Å². The lowest BCUT2D eigenvalue weighted by atomic mass is 9.93. The second-order valence-electron chi connectivity index (χ2n) is 6.78. The zero-order valence-electron chi connectivity index (χ0n) is 14.4. The molecule has 0 aliphatic carbocycles. The average Bonchev–Trinajstić information content (AvgIpc) is 2.82. The standard InChI is InChI=1S/C20H25NO3/c1-3-4-12-20(23,15-8-6-5-7-9-15)19(22)24-18-13-16-10-11-17(14-18)21(16)2/h5-9,16-18,23H,3,10-11,13-14H2,1-2H3. The average molecular weight is 327 g/mol. The first-order chi connectivity index (χ1) is 11.5. The van der Waals surface area contributed by atoms with Crippen LogP contribution in [0.15, 0.2) is 30.3 Å². The summed E-state index contributed by atoms with van der Waals surface area (Å²) in [5, 5.41) is 11.0. The SMILES string of the molecule is CCC#CC(O)(C(=O)OC1CC2CCC(C1)N2C)c1ccccc1. The molecule has 4 heteroatoms. The Balaban J connectivity index is 1.77. The first-order valence-electron chi connectivity index (χ1n) is 8.75. The van der Waals surface area contributed by atoms with Gasteiger partial charge < -0.3 is 14.7 Å². The molecule has 2 aliphatic heterocycles. The Kier molecular flexibility index (Phi) is 4.93. The highest BCUT2D eigenvalue weighted by molar-refractivity contribution is 5.85. The highest BCUT2D eigenvalue weighted by Crippen LogP contribution is 2.36. The first-order valence-corrected chi connectivity index (χ1v) is 8.75. The number of fused-ring (bicyclic) bond motifs is 2. The summed E-state index contributed by atoms with van der Waals surface area (Å²) in [7, 11) is 2.15. The van der Waals surface area contributed by atoms with Gasteiger partial charge in [0.1, 0.15) is 6.10 Å². The van der Waals surface area contributed by atoms with Crippen LogP contribution < -0.4 is 0 Å². The molecule has 1 aromatic carbocycles. The van der Waals surface area contributed by atoms with Crippen LogP contribution in [0.4, 0.5) is 0 Å². The zero-order chi connectivity index (χ0) is 17.2. The smallest absolute Gasteiger partial charge is 0.356 e. The summed E-state index contributed by atoms with van der Waals surface area (Å²) in [5.41, 5.74) is -1.42. The fraction of sp³-hybridized carbons (Fsp3) is 0.550. The third-order valence-electron chi connectivity index (χ3n) is 5.26. The van der Waals surface area contributed by atoms with Crippen LogP contribution in [0.25, 0.3) is 0 Å². The Morgan fingerprint density at radius 2 is 1.92 bits per heavy atom. The molecule has 0 aromatic heterocycles. The topological polar surface area (TPSA) is 49.8 Å². The molecule has 2 aliphatic rings. The number of benzene rings is 1. The molecule has 1 N–H and O–H groups in total. The number of rotatable bonds is 3. The summed E-state index contributed by atoms with van der Waals surface area (Å²) in [6, 6.07) is 9.81. The third-order valence-corrected chi connectivity index (χ3v) is 5.26. The van der Waals surface area contributed by atoms with Gasteiger partial charge >= 0.3 is 5.97 Å². The molecule has 2 fully saturated rings. The van der Waals surface area contributed by atoms with E-state index in [9.17, 15) is 9.90 Å². The van der Waals surface area contributed by atoms with E-state index in [-0.39, 0.29) is 6.10 Å². The molecule has 0 radical (unpaired) electrons. The Labute approximate surface area is 143 Å². The first kappa shape index (κ1) is 17.0. The van der Waals surface area contributed by atoms with Crippen molar-refractivity contribution in [3.63, 3.8) is 0 Å². The number of esters is 1. The van der Waals surface area contributed by atoms with E-state index in [0.717, 1.165) is 25.7 Å². The van der Waals surface area contributed by atoms with Gasteiger partial charge in [-0.2, -0.15) is 0 Å². The molecule has 4 nitrogen and oxygen atoms in total. The number of hydrogen-bond donors (Lipinski definition) is 1. The normalized spacial score (nSPS) is 28.5. The highest BCUT2D eigenvalue weighted by atomic mass is 16.6. The van der Waals surface area contributed by atoms with Crippen LogP contribution in [0.1, 0.15) is 44.6 Å². The number of piperidine rings is 1. The van der Waals surface area contributed by atoms with Gasteiger partial charge in [-0.25, -0.2) is 4.79 Å². The Morgan fingerprint density at radius 1 is 1.29 bits per heavy atom. The molecule has 3 atom stereocenters. The van der Waals surface area contributed by atoms with Crippen LogP contribution in [0.3, 0.4) is 0 Å². The van der Waals surface area contributed by atoms with E-state index in [1.165, 1.54) is 0 Å². The van der Waals surface area contributed by atoms with E-state index in [2.05, 4.69) is 23.8 Å². The van der Waals surface area contributed by atoms with E-state index in [1.807, 2.05) is 13.0 Å². The van der Waals surface area contributed by atoms with Gasteiger partial charge in [-0.1, -0.05) is 49.1 Å². The maximum atomic E-state index is 12.8. The summed E-state index contributed by atoms with van der Waals surface area (Å²) >= 11 is 0. The molecule has 24 heavy (non-hydrogen) atoms. The van der Waals surface area contributed by atoms with Gasteiger partial charge in [-0.3, -0.25) is 0 Å². The van der Waals surface area contributed by atoms with Crippen molar-refractivity contribution in [1.82, 2.24) is 4.90 Å². The molecule has 1 aromatic rings. The molecule has 0 amide bonds. The van der Waals surface area contributed by atoms with Gasteiger partial charge in [-0.05, 0) is 32.7 Å². The second kappa shape index (κ2) is 6.96. The quantitative estimate of drug-likeness (QED) is 0.684. The number of carbonyl (C=O) groups is 1. The molecule has 2 heterocycles. The minimum absolute atomic E-state index is 0.134. The molecule has 3 unspecified atom stereocenters. The van der Waals surface area contributed by atoms with Crippen molar-refractivity contribution in [1.29, 1.82) is 0 Å². The van der Waals surface area contributed by atoms with Gasteiger partial charge in [0.05, 0.1) is 0 Å². The van der Waals surface area contributed by atoms with Crippen LogP contribution in [-0.4, -0.2) is 41.2 Å². The summed E-state index contributed by atoms with van der Waals surface area (Å²) < 4.78 is 5.72. The molecule has 2 saturated heterocycles. The summed E-state index contributed by atoms with van der Waals surface area (Å²) in [6.07, 6.45) is 4.43. The van der Waals surface area contributed by atoms with Crippen molar-refractivity contribution in [2.24, 2.45) is 0 Å². The Bertz CT molecular complexity index is 634. The van der Waals surface area contributed by atoms with Gasteiger partial charge in [-0.15, -0.1) is 0 Å². The van der Waals surface area contributed by atoms with Crippen molar-refractivity contribution < 1.29 is 14.6 Å². The van der Waals surface area contributed by atoms with Crippen LogP contribution in [0.5, 0.6) is 0 Å². The molecule has 0 spiro atoms. The number of hydrogen-bond acceptors (Lipinski definition) is 4. The van der Waals surface area contributed by atoms with Crippen molar-refractivity contribution in [2.75, 3.05) is 7.05 Å². The molecular weight excluding hydrogens is 302 g/mol. The number of aliphatic hydroxyl groups is 1. The number of carbonyl (C=O) groups excluding carboxylic acids is 1. The lowest BCUT2D eigenvalue weighted by Crippen LogP contribution is -2.46. The fourth-order valence-electron chi connectivity index (χ4n) is 3.83. The fourth-order valence-corrected chi connectivity index (χ4v) is 3.83. The second-order valence-corrected chi connectivity index (χ2v) is 6.78. The predicted molar refractivity (Wildman–Crippen MR) is 92.1 cm³/mol. The summed E-state index contributed by atoms with van der Waals surface area (Å²) in [6.45, 7) is 1.89. The lowest BCUT2D eigenvalue weighted by Gasteiger charge is -2.36. The van der Waals surface area contributed by atoms with Crippen molar-refractivity contribution in [3.8, 4) is 11.8 Å². The highest BCUT2D eigenvalue weighted by Gasteiger charge is 2.44. The third kappa shape index (κ3) is 3.19. The number of nitrogens with zero attached hydrogens (tertiary/aromatic N) is 1. The van der Waals surface area contributed by atoms with E-state index in [4.69, 9.17) is 4.74 Å². The lowest BCUT2D eigenvalue weighted by molar-refractivity contribution is -0.169.